The number of halogens is 2. The van der Waals surface area contributed by atoms with Gasteiger partial charge in [-0.05, 0) is 64.8 Å². The molecule has 3 aromatic rings. The van der Waals surface area contributed by atoms with E-state index in [1.807, 2.05) is 29.7 Å². The fourth-order valence-corrected chi connectivity index (χ4v) is 4.05. The van der Waals surface area contributed by atoms with Crippen molar-refractivity contribution in [2.24, 2.45) is 0 Å². The largest absolute Gasteiger partial charge is 0.486 e. The lowest BCUT2D eigenvalue weighted by molar-refractivity contribution is -0.113. The Hall–Kier alpha value is -2.29. The lowest BCUT2D eigenvalue weighted by atomic mass is 10.2. The standard InChI is InChI=1S/C21H20BrClN4O2S/c1-3-10-27-19(12-29-16-7-5-15(23)6-8-16)25-26-21(27)30-13-20(28)24-18-9-4-14(2)11-17(18)22/h3-9,11H,1,10,12-13H2,2H3,(H,24,28). The second-order valence-electron chi connectivity index (χ2n) is 6.36. The molecule has 1 N–H and O–H groups in total. The SMILES string of the molecule is C=CCn1c(COc2ccc(Cl)cc2)nnc1SCC(=O)Nc1ccc(C)cc1Br. The minimum Gasteiger partial charge on any atom is -0.486 e. The summed E-state index contributed by atoms with van der Waals surface area (Å²) >= 11 is 10.7. The number of carbonyl (C=O) groups excluding carboxylic acids is 1. The molecule has 6 nitrogen and oxygen atoms in total. The zero-order chi connectivity index (χ0) is 21.5. The van der Waals surface area contributed by atoms with Crippen LogP contribution in [0.5, 0.6) is 5.75 Å². The van der Waals surface area contributed by atoms with Crippen LogP contribution < -0.4 is 10.1 Å². The summed E-state index contributed by atoms with van der Waals surface area (Å²) in [5, 5.41) is 12.6. The molecule has 30 heavy (non-hydrogen) atoms. The van der Waals surface area contributed by atoms with Crippen molar-refractivity contribution in [3.8, 4) is 5.75 Å². The van der Waals surface area contributed by atoms with Gasteiger partial charge < -0.3 is 10.1 Å². The molecule has 0 aliphatic carbocycles. The minimum atomic E-state index is -0.128. The number of rotatable bonds is 9. The number of ether oxygens (including phenoxy) is 1. The highest BCUT2D eigenvalue weighted by Gasteiger charge is 2.15. The molecule has 0 spiro atoms. The van der Waals surface area contributed by atoms with Gasteiger partial charge in [-0.25, -0.2) is 0 Å². The van der Waals surface area contributed by atoms with Crippen molar-refractivity contribution in [2.45, 2.75) is 25.2 Å². The third kappa shape index (κ3) is 6.10. The number of amides is 1. The van der Waals surface area contributed by atoms with Gasteiger partial charge >= 0.3 is 0 Å². The Bertz CT molecular complexity index is 1040. The summed E-state index contributed by atoms with van der Waals surface area (Å²) in [6, 6.07) is 12.9. The zero-order valence-corrected chi connectivity index (χ0v) is 19.4. The maximum absolute atomic E-state index is 12.4. The molecule has 0 radical (unpaired) electrons. The molecule has 3 rings (SSSR count). The molecule has 156 valence electrons. The Morgan fingerprint density at radius 2 is 2.07 bits per heavy atom. The van der Waals surface area contributed by atoms with Crippen LogP contribution in [0.15, 0.2) is 64.7 Å². The quantitative estimate of drug-likeness (QED) is 0.306. The summed E-state index contributed by atoms with van der Waals surface area (Å²) in [7, 11) is 0. The van der Waals surface area contributed by atoms with E-state index in [2.05, 4.69) is 38.0 Å². The summed E-state index contributed by atoms with van der Waals surface area (Å²) in [6.07, 6.45) is 1.75. The van der Waals surface area contributed by atoms with Crippen molar-refractivity contribution in [3.05, 3.63) is 76.0 Å². The average Bonchev–Trinajstić information content (AvgIpc) is 3.10. The predicted octanol–water partition coefficient (Wildman–Crippen LogP) is 5.50. The van der Waals surface area contributed by atoms with Crippen molar-refractivity contribution in [2.75, 3.05) is 11.1 Å². The molecule has 0 atom stereocenters. The number of allylic oxidation sites excluding steroid dienone is 1. The van der Waals surface area contributed by atoms with Gasteiger partial charge in [0.2, 0.25) is 5.91 Å². The van der Waals surface area contributed by atoms with E-state index in [1.165, 1.54) is 11.8 Å². The van der Waals surface area contributed by atoms with Crippen molar-refractivity contribution >= 4 is 50.9 Å². The molecule has 2 aromatic carbocycles. The maximum Gasteiger partial charge on any atom is 0.234 e. The first-order valence-electron chi connectivity index (χ1n) is 9.06. The first-order chi connectivity index (χ1) is 14.5. The van der Waals surface area contributed by atoms with Gasteiger partial charge in [-0.2, -0.15) is 0 Å². The summed E-state index contributed by atoms with van der Waals surface area (Å²) in [5.41, 5.74) is 1.84. The van der Waals surface area contributed by atoms with Crippen molar-refractivity contribution in [1.82, 2.24) is 14.8 Å². The topological polar surface area (TPSA) is 69.0 Å². The fourth-order valence-electron chi connectivity index (χ4n) is 2.56. The Labute approximate surface area is 192 Å². The number of thioether (sulfide) groups is 1. The number of aromatic nitrogens is 3. The highest BCUT2D eigenvalue weighted by Crippen LogP contribution is 2.24. The molecule has 1 aromatic heterocycles. The van der Waals surface area contributed by atoms with Crippen LogP contribution in [0.1, 0.15) is 11.4 Å². The number of nitrogens with zero attached hydrogens (tertiary/aromatic N) is 3. The van der Waals surface area contributed by atoms with Crippen LogP contribution >= 0.6 is 39.3 Å². The molecule has 1 heterocycles. The van der Waals surface area contributed by atoms with Crippen LogP contribution in [0.2, 0.25) is 5.02 Å². The number of nitrogens with one attached hydrogen (secondary N) is 1. The van der Waals surface area contributed by atoms with Crippen LogP contribution in [0.25, 0.3) is 0 Å². The van der Waals surface area contributed by atoms with E-state index in [1.54, 1.807) is 30.3 Å². The Morgan fingerprint density at radius 1 is 1.30 bits per heavy atom. The monoisotopic (exact) mass is 506 g/mol. The van der Waals surface area contributed by atoms with E-state index in [0.717, 1.165) is 15.7 Å². The van der Waals surface area contributed by atoms with Crippen LogP contribution in [0.4, 0.5) is 5.69 Å². The number of aryl methyl sites for hydroxylation is 1. The van der Waals surface area contributed by atoms with Gasteiger partial charge in [0, 0.05) is 16.0 Å². The summed E-state index contributed by atoms with van der Waals surface area (Å²) < 4.78 is 8.49. The Kier molecular flexibility index (Phi) is 7.95. The number of hydrogen-bond donors (Lipinski definition) is 1. The third-order valence-corrected chi connectivity index (χ3v) is 5.89. The molecule has 0 aliphatic rings. The van der Waals surface area contributed by atoms with Gasteiger partial charge in [-0.1, -0.05) is 35.5 Å². The molecule has 0 fully saturated rings. The molecule has 0 aliphatic heterocycles. The molecular weight excluding hydrogens is 488 g/mol. The van der Waals surface area contributed by atoms with Gasteiger partial charge in [0.15, 0.2) is 11.0 Å². The molecule has 0 saturated heterocycles. The van der Waals surface area contributed by atoms with E-state index in [9.17, 15) is 4.79 Å². The number of benzene rings is 2. The molecule has 0 unspecified atom stereocenters. The highest BCUT2D eigenvalue weighted by molar-refractivity contribution is 9.10. The smallest absolute Gasteiger partial charge is 0.234 e. The van der Waals surface area contributed by atoms with Crippen LogP contribution in [0.3, 0.4) is 0 Å². The van der Waals surface area contributed by atoms with Gasteiger partial charge in [0.25, 0.3) is 0 Å². The normalized spacial score (nSPS) is 10.6. The van der Waals surface area contributed by atoms with E-state index >= 15 is 0 Å². The first-order valence-corrected chi connectivity index (χ1v) is 11.2. The zero-order valence-electron chi connectivity index (χ0n) is 16.3. The van der Waals surface area contributed by atoms with Crippen molar-refractivity contribution in [1.29, 1.82) is 0 Å². The van der Waals surface area contributed by atoms with Gasteiger partial charge in [-0.15, -0.1) is 16.8 Å². The predicted molar refractivity (Wildman–Crippen MR) is 124 cm³/mol. The van der Waals surface area contributed by atoms with Crippen LogP contribution in [-0.2, 0) is 17.9 Å². The van der Waals surface area contributed by atoms with Gasteiger partial charge in [-0.3, -0.25) is 9.36 Å². The summed E-state index contributed by atoms with van der Waals surface area (Å²) in [5.74, 6) is 1.41. The maximum atomic E-state index is 12.4. The number of anilines is 1. The molecular formula is C21H20BrClN4O2S. The van der Waals surface area contributed by atoms with Gasteiger partial charge in [0.05, 0.1) is 11.4 Å². The van der Waals surface area contributed by atoms with E-state index in [0.29, 0.717) is 28.3 Å². The fraction of sp³-hybridized carbons (Fsp3) is 0.190. The van der Waals surface area contributed by atoms with Crippen molar-refractivity contribution < 1.29 is 9.53 Å². The average molecular weight is 508 g/mol. The minimum absolute atomic E-state index is 0.128. The first kappa shape index (κ1) is 22.4. The second kappa shape index (κ2) is 10.7. The summed E-state index contributed by atoms with van der Waals surface area (Å²) in [6.45, 7) is 6.54. The molecule has 0 saturated carbocycles. The van der Waals surface area contributed by atoms with E-state index < -0.39 is 0 Å². The summed E-state index contributed by atoms with van der Waals surface area (Å²) in [4.78, 5) is 12.4. The lowest BCUT2D eigenvalue weighted by Crippen LogP contribution is -2.15. The number of hydrogen-bond acceptors (Lipinski definition) is 5. The third-order valence-electron chi connectivity index (χ3n) is 4.02. The van der Waals surface area contributed by atoms with Crippen molar-refractivity contribution in [3.63, 3.8) is 0 Å². The van der Waals surface area contributed by atoms with Crippen LogP contribution in [0, 0.1) is 6.92 Å². The second-order valence-corrected chi connectivity index (χ2v) is 8.59. The molecule has 9 heteroatoms. The highest BCUT2D eigenvalue weighted by atomic mass is 79.9. The number of carbonyl (C=O) groups is 1. The van der Waals surface area contributed by atoms with E-state index in [-0.39, 0.29) is 18.3 Å². The van der Waals surface area contributed by atoms with Crippen LogP contribution in [-0.4, -0.2) is 26.4 Å². The lowest BCUT2D eigenvalue weighted by Gasteiger charge is -2.10. The molecule has 0 bridgehead atoms. The Balaban J connectivity index is 1.61. The van der Waals surface area contributed by atoms with Gasteiger partial charge in [0.1, 0.15) is 12.4 Å². The Morgan fingerprint density at radius 3 is 2.77 bits per heavy atom. The molecule has 1 amide bonds. The van der Waals surface area contributed by atoms with E-state index in [4.69, 9.17) is 16.3 Å².